The third-order valence-electron chi connectivity index (χ3n) is 4.21. The Bertz CT molecular complexity index is 1130. The van der Waals surface area contributed by atoms with Gasteiger partial charge in [-0.2, -0.15) is 5.10 Å². The molecule has 0 aliphatic carbocycles. The number of hydrogen-bond donors (Lipinski definition) is 1. The minimum absolute atomic E-state index is 0.130. The Kier molecular flexibility index (Phi) is 4.91. The normalized spacial score (nSPS) is 10.6. The van der Waals surface area contributed by atoms with E-state index in [1.807, 2.05) is 60.7 Å². The summed E-state index contributed by atoms with van der Waals surface area (Å²) in [7, 11) is 0. The van der Waals surface area contributed by atoms with Crippen molar-refractivity contribution in [2.75, 3.05) is 5.32 Å². The maximum atomic E-state index is 13.3. The van der Waals surface area contributed by atoms with Crippen LogP contribution in [0.3, 0.4) is 0 Å². The average molecular weight is 392 g/mol. The highest BCUT2D eigenvalue weighted by molar-refractivity contribution is 6.34. The molecule has 0 atom stereocenters. The van der Waals surface area contributed by atoms with Crippen LogP contribution in [0.2, 0.25) is 5.02 Å². The fourth-order valence-electron chi connectivity index (χ4n) is 2.84. The number of nitrogens with zero attached hydrogens (tertiary/aromatic N) is 2. The molecule has 0 radical (unpaired) electrons. The Balaban J connectivity index is 1.76. The Labute approximate surface area is 166 Å². The molecule has 3 aromatic carbocycles. The molecular weight excluding hydrogens is 377 g/mol. The number of carbonyl (C=O) groups is 1. The summed E-state index contributed by atoms with van der Waals surface area (Å²) >= 11 is 6.04. The molecule has 28 heavy (non-hydrogen) atoms. The lowest BCUT2D eigenvalue weighted by molar-refractivity contribution is 0.102. The van der Waals surface area contributed by atoms with Crippen molar-refractivity contribution in [3.05, 3.63) is 101 Å². The van der Waals surface area contributed by atoms with E-state index in [1.54, 1.807) is 10.9 Å². The Morgan fingerprint density at radius 3 is 2.32 bits per heavy atom. The highest BCUT2D eigenvalue weighted by Crippen LogP contribution is 2.27. The fourth-order valence-corrected chi connectivity index (χ4v) is 3.06. The van der Waals surface area contributed by atoms with Gasteiger partial charge in [-0.05, 0) is 30.3 Å². The Hall–Kier alpha value is -3.44. The van der Waals surface area contributed by atoms with Gasteiger partial charge in [0, 0.05) is 11.8 Å². The fraction of sp³-hybridized carbons (Fsp3) is 0. The molecule has 0 saturated heterocycles. The predicted molar refractivity (Wildman–Crippen MR) is 108 cm³/mol. The number of aromatic nitrogens is 2. The molecule has 1 aromatic heterocycles. The standard InChI is InChI=1S/C22H15ClFN3O/c23-19-13-16(24)11-12-20(19)25-22(28)18-14-27(17-9-5-2-6-10-17)26-21(18)15-7-3-1-4-8-15/h1-14H,(H,25,28). The molecule has 0 unspecified atom stereocenters. The van der Waals surface area contributed by atoms with Crippen LogP contribution in [-0.4, -0.2) is 15.7 Å². The second-order valence-electron chi connectivity index (χ2n) is 6.12. The van der Waals surface area contributed by atoms with Crippen LogP contribution in [0.5, 0.6) is 0 Å². The number of amides is 1. The third kappa shape index (κ3) is 3.66. The molecule has 0 bridgehead atoms. The highest BCUT2D eigenvalue weighted by Gasteiger charge is 2.19. The van der Waals surface area contributed by atoms with Crippen LogP contribution in [-0.2, 0) is 0 Å². The van der Waals surface area contributed by atoms with Crippen LogP contribution >= 0.6 is 11.6 Å². The minimum atomic E-state index is -0.468. The molecule has 6 heteroatoms. The average Bonchev–Trinajstić information content (AvgIpc) is 3.17. The summed E-state index contributed by atoms with van der Waals surface area (Å²) in [6.07, 6.45) is 1.67. The van der Waals surface area contributed by atoms with Gasteiger partial charge in [0.15, 0.2) is 0 Å². The van der Waals surface area contributed by atoms with Crippen molar-refractivity contribution in [3.8, 4) is 16.9 Å². The van der Waals surface area contributed by atoms with Gasteiger partial charge in [-0.3, -0.25) is 4.79 Å². The summed E-state index contributed by atoms with van der Waals surface area (Å²) in [4.78, 5) is 13.0. The molecule has 4 aromatic rings. The van der Waals surface area contributed by atoms with Crippen molar-refractivity contribution < 1.29 is 9.18 Å². The van der Waals surface area contributed by atoms with Crippen molar-refractivity contribution in [2.24, 2.45) is 0 Å². The van der Waals surface area contributed by atoms with Crippen molar-refractivity contribution >= 4 is 23.2 Å². The van der Waals surface area contributed by atoms with Gasteiger partial charge < -0.3 is 5.32 Å². The molecule has 1 heterocycles. The monoisotopic (exact) mass is 391 g/mol. The highest BCUT2D eigenvalue weighted by atomic mass is 35.5. The van der Waals surface area contributed by atoms with Crippen LogP contribution in [0.1, 0.15) is 10.4 Å². The predicted octanol–water partition coefficient (Wildman–Crippen LogP) is 5.58. The number of anilines is 1. The quantitative estimate of drug-likeness (QED) is 0.493. The lowest BCUT2D eigenvalue weighted by atomic mass is 10.1. The third-order valence-corrected chi connectivity index (χ3v) is 4.52. The molecule has 0 aliphatic rings. The summed E-state index contributed by atoms with van der Waals surface area (Å²) in [6.45, 7) is 0. The van der Waals surface area contributed by atoms with Gasteiger partial charge in [0.25, 0.3) is 5.91 Å². The van der Waals surface area contributed by atoms with Crippen LogP contribution < -0.4 is 5.32 Å². The van der Waals surface area contributed by atoms with Gasteiger partial charge in [0.1, 0.15) is 11.5 Å². The van der Waals surface area contributed by atoms with E-state index in [0.29, 0.717) is 16.9 Å². The minimum Gasteiger partial charge on any atom is -0.321 e. The van der Waals surface area contributed by atoms with E-state index in [0.717, 1.165) is 17.3 Å². The zero-order valence-corrected chi connectivity index (χ0v) is 15.4. The maximum Gasteiger partial charge on any atom is 0.259 e. The van der Waals surface area contributed by atoms with E-state index in [2.05, 4.69) is 10.4 Å². The van der Waals surface area contributed by atoms with Gasteiger partial charge >= 0.3 is 0 Å². The first-order valence-corrected chi connectivity index (χ1v) is 8.96. The van der Waals surface area contributed by atoms with Crippen LogP contribution in [0.25, 0.3) is 16.9 Å². The van der Waals surface area contributed by atoms with E-state index < -0.39 is 5.82 Å². The number of carbonyl (C=O) groups excluding carboxylic acids is 1. The van der Waals surface area contributed by atoms with Crippen molar-refractivity contribution in [1.82, 2.24) is 9.78 Å². The van der Waals surface area contributed by atoms with Crippen molar-refractivity contribution in [3.63, 3.8) is 0 Å². The lowest BCUT2D eigenvalue weighted by Crippen LogP contribution is -2.12. The van der Waals surface area contributed by atoms with E-state index in [9.17, 15) is 9.18 Å². The number of para-hydroxylation sites is 1. The molecular formula is C22H15ClFN3O. The number of halogens is 2. The van der Waals surface area contributed by atoms with Crippen LogP contribution in [0, 0.1) is 5.82 Å². The first kappa shape index (κ1) is 17.9. The summed E-state index contributed by atoms with van der Waals surface area (Å²) in [6, 6.07) is 22.8. The first-order valence-electron chi connectivity index (χ1n) is 8.59. The molecule has 0 fully saturated rings. The summed E-state index contributed by atoms with van der Waals surface area (Å²) in [5, 5.41) is 7.48. The number of rotatable bonds is 4. The SMILES string of the molecule is O=C(Nc1ccc(F)cc1Cl)c1cn(-c2ccccc2)nc1-c1ccccc1. The second-order valence-corrected chi connectivity index (χ2v) is 6.52. The molecule has 0 saturated carbocycles. The zero-order valence-electron chi connectivity index (χ0n) is 14.6. The molecule has 0 aliphatic heterocycles. The number of benzene rings is 3. The molecule has 1 amide bonds. The zero-order chi connectivity index (χ0) is 19.5. The number of hydrogen-bond acceptors (Lipinski definition) is 2. The molecule has 1 N–H and O–H groups in total. The summed E-state index contributed by atoms with van der Waals surface area (Å²) < 4.78 is 14.9. The smallest absolute Gasteiger partial charge is 0.259 e. The van der Waals surface area contributed by atoms with E-state index in [-0.39, 0.29) is 10.9 Å². The summed E-state index contributed by atoms with van der Waals surface area (Å²) in [5.74, 6) is -0.848. The first-order chi connectivity index (χ1) is 13.6. The molecule has 138 valence electrons. The number of nitrogens with one attached hydrogen (secondary N) is 1. The Morgan fingerprint density at radius 1 is 0.964 bits per heavy atom. The van der Waals surface area contributed by atoms with Gasteiger partial charge in [-0.25, -0.2) is 9.07 Å². The van der Waals surface area contributed by atoms with Gasteiger partial charge in [-0.1, -0.05) is 60.1 Å². The largest absolute Gasteiger partial charge is 0.321 e. The topological polar surface area (TPSA) is 46.9 Å². The second kappa shape index (κ2) is 7.66. The maximum absolute atomic E-state index is 13.3. The molecule has 4 rings (SSSR count). The molecule has 0 spiro atoms. The van der Waals surface area contributed by atoms with Crippen molar-refractivity contribution in [2.45, 2.75) is 0 Å². The van der Waals surface area contributed by atoms with E-state index in [1.165, 1.54) is 12.1 Å². The Morgan fingerprint density at radius 2 is 1.64 bits per heavy atom. The molecule has 4 nitrogen and oxygen atoms in total. The van der Waals surface area contributed by atoms with Crippen molar-refractivity contribution in [1.29, 1.82) is 0 Å². The van der Waals surface area contributed by atoms with E-state index in [4.69, 9.17) is 11.6 Å². The van der Waals surface area contributed by atoms with Gasteiger partial charge in [-0.15, -0.1) is 0 Å². The lowest BCUT2D eigenvalue weighted by Gasteiger charge is -2.07. The summed E-state index contributed by atoms with van der Waals surface area (Å²) in [5.41, 5.74) is 2.90. The van der Waals surface area contributed by atoms with Gasteiger partial charge in [0.05, 0.1) is 22.0 Å². The van der Waals surface area contributed by atoms with Crippen LogP contribution in [0.15, 0.2) is 85.1 Å². The van der Waals surface area contributed by atoms with Crippen LogP contribution in [0.4, 0.5) is 10.1 Å². The van der Waals surface area contributed by atoms with E-state index >= 15 is 0 Å². The van der Waals surface area contributed by atoms with Gasteiger partial charge in [0.2, 0.25) is 0 Å².